The SMILES string of the molecule is C[Si](C)(C)N([Si](C)(C)C)[Si](C)(C)C.[H-].[Li+]. The molecular weight excluding hydrogens is 213 g/mol. The standard InChI is InChI=1S/C9H27NSi3.Li.H/c1-11(2,3)10(12(4,5)6)13(7,8)9;;/h1-9H3;;/q;+1;-1. The first-order chi connectivity index (χ1) is 5.37. The molecule has 0 atom stereocenters. The normalized spacial score (nSPS) is 14.1. The van der Waals surface area contributed by atoms with E-state index in [1.165, 1.54) is 0 Å². The first-order valence-electron chi connectivity index (χ1n) is 5.17. The van der Waals surface area contributed by atoms with Crippen LogP contribution in [0.4, 0.5) is 0 Å². The Morgan fingerprint density at radius 1 is 0.571 bits per heavy atom. The molecule has 0 amide bonds. The Morgan fingerprint density at radius 3 is 0.714 bits per heavy atom. The first kappa shape index (κ1) is 17.6. The van der Waals surface area contributed by atoms with Gasteiger partial charge in [0.25, 0.3) is 0 Å². The predicted octanol–water partition coefficient (Wildman–Crippen LogP) is 0.910. The van der Waals surface area contributed by atoms with Gasteiger partial charge in [-0.25, -0.2) is 0 Å². The minimum Gasteiger partial charge on any atom is -1.00 e. The maximum absolute atomic E-state index is 2.98. The van der Waals surface area contributed by atoms with E-state index in [9.17, 15) is 0 Å². The average molecular weight is 242 g/mol. The predicted molar refractivity (Wildman–Crippen MR) is 73.0 cm³/mol. The van der Waals surface area contributed by atoms with E-state index >= 15 is 0 Å². The molecule has 0 N–H and O–H groups in total. The van der Waals surface area contributed by atoms with Crippen molar-refractivity contribution in [3.05, 3.63) is 0 Å². The second-order valence-corrected chi connectivity index (χ2v) is 22.6. The van der Waals surface area contributed by atoms with E-state index in [0.717, 1.165) is 0 Å². The number of rotatable bonds is 3. The van der Waals surface area contributed by atoms with E-state index in [1.807, 2.05) is 0 Å². The molecular formula is C9H28LiNSi3. The van der Waals surface area contributed by atoms with Crippen LogP contribution >= 0.6 is 0 Å². The van der Waals surface area contributed by atoms with Gasteiger partial charge in [0.05, 0.1) is 0 Å². The van der Waals surface area contributed by atoms with Gasteiger partial charge >= 0.3 is 18.9 Å². The molecule has 0 saturated carbocycles. The van der Waals surface area contributed by atoms with Gasteiger partial charge in [0, 0.05) is 0 Å². The molecule has 0 saturated heterocycles. The zero-order valence-electron chi connectivity index (χ0n) is 12.9. The van der Waals surface area contributed by atoms with Crippen LogP contribution in [0.2, 0.25) is 58.9 Å². The van der Waals surface area contributed by atoms with Crippen molar-refractivity contribution in [1.82, 2.24) is 3.90 Å². The van der Waals surface area contributed by atoms with Crippen molar-refractivity contribution in [2.75, 3.05) is 0 Å². The Kier molecular flexibility index (Phi) is 6.32. The zero-order valence-corrected chi connectivity index (χ0v) is 14.9. The van der Waals surface area contributed by atoms with Gasteiger partial charge in [0.15, 0.2) is 0 Å². The summed E-state index contributed by atoms with van der Waals surface area (Å²) in [4.78, 5) is 0. The number of hydrogen-bond acceptors (Lipinski definition) is 1. The molecule has 0 aliphatic carbocycles. The molecule has 0 bridgehead atoms. The molecule has 0 radical (unpaired) electrons. The van der Waals surface area contributed by atoms with Crippen LogP contribution in [0.5, 0.6) is 0 Å². The smallest absolute Gasteiger partial charge is 1.00 e. The van der Waals surface area contributed by atoms with Gasteiger partial charge in [-0.3, -0.25) is 0 Å². The van der Waals surface area contributed by atoms with Crippen molar-refractivity contribution in [2.45, 2.75) is 58.9 Å². The van der Waals surface area contributed by atoms with Gasteiger partial charge in [-0.1, -0.05) is 58.9 Å². The molecule has 0 aromatic heterocycles. The summed E-state index contributed by atoms with van der Waals surface area (Å²) in [6.07, 6.45) is 0. The van der Waals surface area contributed by atoms with Crippen LogP contribution in [-0.4, -0.2) is 28.6 Å². The van der Waals surface area contributed by atoms with Crippen molar-refractivity contribution < 1.29 is 20.3 Å². The van der Waals surface area contributed by atoms with E-state index in [2.05, 4.69) is 62.8 Å². The van der Waals surface area contributed by atoms with E-state index in [0.29, 0.717) is 0 Å². The summed E-state index contributed by atoms with van der Waals surface area (Å²) in [5, 5.41) is 0. The fourth-order valence-corrected chi connectivity index (χ4v) is 27.2. The van der Waals surface area contributed by atoms with Crippen LogP contribution in [-0.2, 0) is 0 Å². The van der Waals surface area contributed by atoms with Crippen molar-refractivity contribution in [3.63, 3.8) is 0 Å². The minimum atomic E-state index is -1.10. The molecule has 14 heavy (non-hydrogen) atoms. The summed E-state index contributed by atoms with van der Waals surface area (Å²) < 4.78 is 2.98. The van der Waals surface area contributed by atoms with Crippen LogP contribution < -0.4 is 18.9 Å². The fraction of sp³-hybridized carbons (Fsp3) is 1.00. The minimum absolute atomic E-state index is 0. The zero-order chi connectivity index (χ0) is 11.1. The molecule has 0 rings (SSSR count). The Hall–Kier alpha value is 1.21. The molecule has 0 unspecified atom stereocenters. The summed E-state index contributed by atoms with van der Waals surface area (Å²) in [7, 11) is -3.30. The van der Waals surface area contributed by atoms with Gasteiger partial charge in [0.1, 0.15) is 24.7 Å². The number of nitrogens with zero attached hydrogens (tertiary/aromatic N) is 1. The van der Waals surface area contributed by atoms with Gasteiger partial charge in [-0.2, -0.15) is 0 Å². The monoisotopic (exact) mass is 241 g/mol. The van der Waals surface area contributed by atoms with E-state index in [4.69, 9.17) is 0 Å². The summed E-state index contributed by atoms with van der Waals surface area (Å²) in [6.45, 7) is 22.4. The Balaban J connectivity index is -0.000000720. The van der Waals surface area contributed by atoms with Crippen molar-refractivity contribution in [1.29, 1.82) is 0 Å². The van der Waals surface area contributed by atoms with Gasteiger partial charge in [-0.05, 0) is 0 Å². The fourth-order valence-electron chi connectivity index (χ4n) is 3.02. The quantitative estimate of drug-likeness (QED) is 0.664. The van der Waals surface area contributed by atoms with Gasteiger partial charge in [0.2, 0.25) is 0 Å². The third-order valence-electron chi connectivity index (χ3n) is 2.01. The summed E-state index contributed by atoms with van der Waals surface area (Å²) >= 11 is 0. The van der Waals surface area contributed by atoms with Crippen LogP contribution in [0.1, 0.15) is 1.43 Å². The van der Waals surface area contributed by atoms with Crippen molar-refractivity contribution in [2.24, 2.45) is 0 Å². The maximum atomic E-state index is 2.98. The molecule has 0 spiro atoms. The van der Waals surface area contributed by atoms with Crippen molar-refractivity contribution in [3.8, 4) is 0 Å². The van der Waals surface area contributed by atoms with Gasteiger partial charge < -0.3 is 5.32 Å². The van der Waals surface area contributed by atoms with Crippen LogP contribution in [0, 0.1) is 0 Å². The van der Waals surface area contributed by atoms with E-state index in [1.54, 1.807) is 0 Å². The second kappa shape index (κ2) is 5.03. The largest absolute Gasteiger partial charge is 1.00 e. The van der Waals surface area contributed by atoms with Crippen LogP contribution in [0.3, 0.4) is 0 Å². The van der Waals surface area contributed by atoms with Crippen LogP contribution in [0.15, 0.2) is 0 Å². The first-order valence-corrected chi connectivity index (χ1v) is 15.5. The van der Waals surface area contributed by atoms with Gasteiger partial charge in [-0.15, -0.1) is 0 Å². The molecule has 82 valence electrons. The molecule has 0 fully saturated rings. The molecule has 0 aromatic carbocycles. The number of hydrogen-bond donors (Lipinski definition) is 0. The second-order valence-electron chi connectivity index (χ2n) is 6.85. The Labute approximate surface area is 108 Å². The topological polar surface area (TPSA) is 3.24 Å². The molecule has 0 heterocycles. The molecule has 5 heteroatoms. The average Bonchev–Trinajstić information content (AvgIpc) is 1.44. The Morgan fingerprint density at radius 2 is 0.714 bits per heavy atom. The molecule has 1 nitrogen and oxygen atoms in total. The van der Waals surface area contributed by atoms with E-state index < -0.39 is 24.7 Å². The van der Waals surface area contributed by atoms with Crippen molar-refractivity contribution >= 4 is 24.7 Å². The summed E-state index contributed by atoms with van der Waals surface area (Å²) in [5.41, 5.74) is 0. The van der Waals surface area contributed by atoms with Crippen LogP contribution in [0.25, 0.3) is 0 Å². The summed E-state index contributed by atoms with van der Waals surface area (Å²) in [6, 6.07) is 0. The maximum Gasteiger partial charge on any atom is 1.00 e. The Bertz CT molecular complexity index is 148. The third-order valence-corrected chi connectivity index (χ3v) is 18.1. The molecule has 0 aliphatic heterocycles. The molecule has 0 aliphatic rings. The third kappa shape index (κ3) is 5.34. The molecule has 0 aromatic rings. The van der Waals surface area contributed by atoms with E-state index in [-0.39, 0.29) is 20.3 Å². The summed E-state index contributed by atoms with van der Waals surface area (Å²) in [5.74, 6) is 0.